The molecule has 3 heteroatoms. The van der Waals surface area contributed by atoms with E-state index in [4.69, 9.17) is 0 Å². The number of aryl methyl sites for hydroxylation is 1. The maximum absolute atomic E-state index is 12.5. The van der Waals surface area contributed by atoms with E-state index in [-0.39, 0.29) is 5.91 Å². The molecule has 1 aliphatic carbocycles. The fourth-order valence-electron chi connectivity index (χ4n) is 3.11. The smallest absolute Gasteiger partial charge is 0.253 e. The molecule has 1 saturated heterocycles. The number of carbonyl (C=O) groups is 1. The van der Waals surface area contributed by atoms with Gasteiger partial charge in [0.2, 0.25) is 0 Å². The van der Waals surface area contributed by atoms with Gasteiger partial charge in [0.1, 0.15) is 0 Å². The fourth-order valence-corrected chi connectivity index (χ4v) is 3.11. The van der Waals surface area contributed by atoms with Crippen molar-refractivity contribution in [2.45, 2.75) is 38.6 Å². The molecule has 0 N–H and O–H groups in total. The Morgan fingerprint density at radius 2 is 1.75 bits per heavy atom. The summed E-state index contributed by atoms with van der Waals surface area (Å²) in [5.74, 6) is 0.195. The molecule has 0 atom stereocenters. The van der Waals surface area contributed by atoms with Crippen LogP contribution < -0.4 is 0 Å². The number of carbonyl (C=O) groups excluding carboxylic acids is 1. The largest absolute Gasteiger partial charge is 0.336 e. The number of nitrogens with zero attached hydrogens (tertiary/aromatic N) is 2. The molecule has 0 unspecified atom stereocenters. The lowest BCUT2D eigenvalue weighted by molar-refractivity contribution is 0.0455. The van der Waals surface area contributed by atoms with Gasteiger partial charge in [-0.25, -0.2) is 0 Å². The molecule has 2 fully saturated rings. The Morgan fingerprint density at radius 3 is 2.25 bits per heavy atom. The lowest BCUT2D eigenvalue weighted by Gasteiger charge is -2.42. The van der Waals surface area contributed by atoms with E-state index in [1.54, 1.807) is 0 Å². The van der Waals surface area contributed by atoms with Crippen molar-refractivity contribution >= 4 is 5.91 Å². The van der Waals surface area contributed by atoms with Crippen LogP contribution in [0.25, 0.3) is 0 Å². The normalized spacial score (nSPS) is 20.8. The molecule has 20 heavy (non-hydrogen) atoms. The number of benzene rings is 1. The Hall–Kier alpha value is -1.35. The van der Waals surface area contributed by atoms with Crippen LogP contribution in [0.4, 0.5) is 0 Å². The van der Waals surface area contributed by atoms with Crippen LogP contribution in [0.1, 0.15) is 42.1 Å². The van der Waals surface area contributed by atoms with E-state index in [2.05, 4.69) is 24.0 Å². The van der Waals surface area contributed by atoms with Crippen LogP contribution in [0, 0.1) is 0 Å². The van der Waals surface area contributed by atoms with Crippen LogP contribution in [0.5, 0.6) is 0 Å². The summed E-state index contributed by atoms with van der Waals surface area (Å²) >= 11 is 0. The maximum atomic E-state index is 12.5. The molecular weight excluding hydrogens is 248 g/mol. The second-order valence-electron chi connectivity index (χ2n) is 5.96. The van der Waals surface area contributed by atoms with Crippen LogP contribution in [0.2, 0.25) is 0 Å². The summed E-state index contributed by atoms with van der Waals surface area (Å²) < 4.78 is 0. The molecule has 0 spiro atoms. The standard InChI is InChI=1S/C17H24N2O/c1-2-14-6-8-15(9-7-14)17(20)19-12-10-18(11-13-19)16-4-3-5-16/h6-9,16H,2-5,10-13H2,1H3. The average Bonchev–Trinajstić information content (AvgIpc) is 2.46. The van der Waals surface area contributed by atoms with Crippen molar-refractivity contribution in [3.8, 4) is 0 Å². The highest BCUT2D eigenvalue weighted by Crippen LogP contribution is 2.25. The average molecular weight is 272 g/mol. The lowest BCUT2D eigenvalue weighted by Crippen LogP contribution is -2.53. The van der Waals surface area contributed by atoms with Gasteiger partial charge in [0.15, 0.2) is 0 Å². The van der Waals surface area contributed by atoms with E-state index in [0.29, 0.717) is 0 Å². The number of hydrogen-bond acceptors (Lipinski definition) is 2. The zero-order valence-electron chi connectivity index (χ0n) is 12.3. The molecule has 2 aliphatic rings. The van der Waals surface area contributed by atoms with Crippen LogP contribution >= 0.6 is 0 Å². The summed E-state index contributed by atoms with van der Waals surface area (Å²) in [5.41, 5.74) is 2.12. The van der Waals surface area contributed by atoms with Crippen molar-refractivity contribution in [3.05, 3.63) is 35.4 Å². The highest BCUT2D eigenvalue weighted by molar-refractivity contribution is 5.94. The predicted octanol–water partition coefficient (Wildman–Crippen LogP) is 2.56. The third-order valence-electron chi connectivity index (χ3n) is 4.80. The van der Waals surface area contributed by atoms with Gasteiger partial charge in [0, 0.05) is 37.8 Å². The molecule has 3 rings (SSSR count). The molecule has 0 aromatic heterocycles. The number of rotatable bonds is 3. The second-order valence-corrected chi connectivity index (χ2v) is 5.96. The molecule has 0 bridgehead atoms. The third-order valence-corrected chi connectivity index (χ3v) is 4.80. The SMILES string of the molecule is CCc1ccc(C(=O)N2CCN(C3CCC3)CC2)cc1. The lowest BCUT2D eigenvalue weighted by atomic mass is 9.91. The van der Waals surface area contributed by atoms with Crippen molar-refractivity contribution in [2.24, 2.45) is 0 Å². The topological polar surface area (TPSA) is 23.6 Å². The number of piperazine rings is 1. The zero-order chi connectivity index (χ0) is 13.9. The molecule has 108 valence electrons. The van der Waals surface area contributed by atoms with Crippen molar-refractivity contribution in [1.82, 2.24) is 9.80 Å². The molecule has 3 nitrogen and oxygen atoms in total. The molecule has 1 aromatic rings. The van der Waals surface area contributed by atoms with Crippen LogP contribution in [-0.2, 0) is 6.42 Å². The highest BCUT2D eigenvalue weighted by atomic mass is 16.2. The molecule has 1 aliphatic heterocycles. The monoisotopic (exact) mass is 272 g/mol. The fraction of sp³-hybridized carbons (Fsp3) is 0.588. The van der Waals surface area contributed by atoms with Gasteiger partial charge in [0.05, 0.1) is 0 Å². The van der Waals surface area contributed by atoms with Gasteiger partial charge in [-0.15, -0.1) is 0 Å². The summed E-state index contributed by atoms with van der Waals surface area (Å²) in [5, 5.41) is 0. The quantitative estimate of drug-likeness (QED) is 0.844. The molecule has 1 heterocycles. The van der Waals surface area contributed by atoms with E-state index in [9.17, 15) is 4.79 Å². The van der Waals surface area contributed by atoms with E-state index < -0.39 is 0 Å². The maximum Gasteiger partial charge on any atom is 0.253 e. The molecule has 0 radical (unpaired) electrons. The van der Waals surface area contributed by atoms with Gasteiger partial charge < -0.3 is 4.90 Å². The number of amides is 1. The first kappa shape index (κ1) is 13.6. The minimum absolute atomic E-state index is 0.195. The van der Waals surface area contributed by atoms with Crippen LogP contribution in [0.3, 0.4) is 0 Å². The summed E-state index contributed by atoms with van der Waals surface area (Å²) in [7, 11) is 0. The molecule has 1 saturated carbocycles. The molecule has 1 aromatic carbocycles. The van der Waals surface area contributed by atoms with Crippen molar-refractivity contribution in [2.75, 3.05) is 26.2 Å². The molecular formula is C17H24N2O. The summed E-state index contributed by atoms with van der Waals surface area (Å²) in [6.07, 6.45) is 5.11. The third kappa shape index (κ3) is 2.73. The van der Waals surface area contributed by atoms with Gasteiger partial charge in [0.25, 0.3) is 5.91 Å². The van der Waals surface area contributed by atoms with Crippen LogP contribution in [-0.4, -0.2) is 47.9 Å². The van der Waals surface area contributed by atoms with E-state index in [1.165, 1.54) is 24.8 Å². The summed E-state index contributed by atoms with van der Waals surface area (Å²) in [4.78, 5) is 17.0. The summed E-state index contributed by atoms with van der Waals surface area (Å²) in [6.45, 7) is 5.99. The Kier molecular flexibility index (Phi) is 4.06. The minimum atomic E-state index is 0.195. The molecule has 1 amide bonds. The Bertz CT molecular complexity index is 456. The van der Waals surface area contributed by atoms with Gasteiger partial charge in [-0.3, -0.25) is 9.69 Å². The number of hydrogen-bond donors (Lipinski definition) is 0. The first-order chi connectivity index (χ1) is 9.78. The van der Waals surface area contributed by atoms with Gasteiger partial charge >= 0.3 is 0 Å². The second kappa shape index (κ2) is 5.96. The predicted molar refractivity (Wildman–Crippen MR) is 80.9 cm³/mol. The van der Waals surface area contributed by atoms with Crippen molar-refractivity contribution in [1.29, 1.82) is 0 Å². The van der Waals surface area contributed by atoms with E-state index in [0.717, 1.165) is 44.2 Å². The van der Waals surface area contributed by atoms with Crippen molar-refractivity contribution in [3.63, 3.8) is 0 Å². The van der Waals surface area contributed by atoms with Gasteiger partial charge in [-0.2, -0.15) is 0 Å². The Balaban J connectivity index is 1.57. The Morgan fingerprint density at radius 1 is 1.10 bits per heavy atom. The van der Waals surface area contributed by atoms with Crippen LogP contribution in [0.15, 0.2) is 24.3 Å². The first-order valence-corrected chi connectivity index (χ1v) is 7.90. The van der Waals surface area contributed by atoms with E-state index >= 15 is 0 Å². The van der Waals surface area contributed by atoms with Crippen molar-refractivity contribution < 1.29 is 4.79 Å². The summed E-state index contributed by atoms with van der Waals surface area (Å²) in [6, 6.07) is 8.88. The zero-order valence-corrected chi connectivity index (χ0v) is 12.3. The minimum Gasteiger partial charge on any atom is -0.336 e. The first-order valence-electron chi connectivity index (χ1n) is 7.90. The van der Waals surface area contributed by atoms with Gasteiger partial charge in [-0.1, -0.05) is 25.5 Å². The van der Waals surface area contributed by atoms with Gasteiger partial charge in [-0.05, 0) is 37.0 Å². The highest BCUT2D eigenvalue weighted by Gasteiger charge is 2.29. The van der Waals surface area contributed by atoms with E-state index in [1.807, 2.05) is 17.0 Å². The Labute approximate surface area is 121 Å².